The second-order valence-electron chi connectivity index (χ2n) is 3.11. The van der Waals surface area contributed by atoms with Crippen LogP contribution in [0.15, 0.2) is 22.2 Å². The summed E-state index contributed by atoms with van der Waals surface area (Å²) in [5.41, 5.74) is 0.120. The molecule has 9 heteroatoms. The maximum absolute atomic E-state index is 11.6. The van der Waals surface area contributed by atoms with Gasteiger partial charge in [0.05, 0.1) is 20.8 Å². The minimum absolute atomic E-state index is 0.00145. The van der Waals surface area contributed by atoms with E-state index in [9.17, 15) is 9.59 Å². The van der Waals surface area contributed by atoms with Gasteiger partial charge in [-0.3, -0.25) is 4.79 Å². The molecule has 102 valence electrons. The van der Waals surface area contributed by atoms with Gasteiger partial charge in [-0.05, 0) is 12.1 Å². The van der Waals surface area contributed by atoms with Gasteiger partial charge in [-0.2, -0.15) is 0 Å². The van der Waals surface area contributed by atoms with Crippen LogP contribution in [0.3, 0.4) is 0 Å². The summed E-state index contributed by atoms with van der Waals surface area (Å²) in [6.45, 7) is 0. The van der Waals surface area contributed by atoms with Gasteiger partial charge in [0.2, 0.25) is 0 Å². The van der Waals surface area contributed by atoms with Crippen molar-refractivity contribution in [3.8, 4) is 0 Å². The number of hydrogen-bond donors (Lipinski definition) is 2. The first-order valence-corrected chi connectivity index (χ1v) is 6.38. The lowest BCUT2D eigenvalue weighted by atomic mass is 10.3. The Morgan fingerprint density at radius 1 is 1.00 bits per heavy atom. The van der Waals surface area contributed by atoms with E-state index in [1.807, 2.05) is 0 Å². The minimum atomic E-state index is -1.53. The van der Waals surface area contributed by atoms with Crippen LogP contribution in [0.25, 0.3) is 0 Å². The van der Waals surface area contributed by atoms with Crippen molar-refractivity contribution in [3.63, 3.8) is 0 Å². The molecule has 1 aromatic carbocycles. The summed E-state index contributed by atoms with van der Waals surface area (Å²) >= 11 is 28.2. The number of carbonyl (C=O) groups excluding carboxylic acids is 1. The Morgan fingerprint density at radius 3 is 2.11 bits per heavy atom. The Morgan fingerprint density at radius 2 is 1.58 bits per heavy atom. The van der Waals surface area contributed by atoms with Crippen molar-refractivity contribution in [3.05, 3.63) is 37.3 Å². The van der Waals surface area contributed by atoms with E-state index in [4.69, 9.17) is 63.1 Å². The highest BCUT2D eigenvalue weighted by atomic mass is 35.5. The van der Waals surface area contributed by atoms with Gasteiger partial charge in [-0.15, -0.1) is 0 Å². The smallest absolute Gasteiger partial charge is 0.349 e. The molecular formula is C10H4Cl5NO3. The number of amides is 1. The molecule has 0 spiro atoms. The first-order valence-electron chi connectivity index (χ1n) is 4.49. The van der Waals surface area contributed by atoms with Crippen LogP contribution in [0.4, 0.5) is 5.69 Å². The van der Waals surface area contributed by atoms with Crippen molar-refractivity contribution in [1.29, 1.82) is 0 Å². The van der Waals surface area contributed by atoms with E-state index in [0.29, 0.717) is 0 Å². The molecule has 0 aliphatic carbocycles. The number of anilines is 1. The number of carbonyl (C=O) groups is 2. The van der Waals surface area contributed by atoms with E-state index < -0.39 is 21.9 Å². The molecule has 1 rings (SSSR count). The molecule has 0 radical (unpaired) electrons. The van der Waals surface area contributed by atoms with Crippen LogP contribution in [0, 0.1) is 0 Å². The number of carboxylic acids is 1. The number of rotatable bonds is 3. The first kappa shape index (κ1) is 16.4. The molecule has 0 heterocycles. The summed E-state index contributed by atoms with van der Waals surface area (Å²) in [5, 5.41) is 9.60. The van der Waals surface area contributed by atoms with Crippen LogP contribution in [0.5, 0.6) is 0 Å². The topological polar surface area (TPSA) is 66.4 Å². The van der Waals surface area contributed by atoms with Crippen molar-refractivity contribution >= 4 is 75.6 Å². The Balaban J connectivity index is 3.05. The molecule has 0 saturated carbocycles. The van der Waals surface area contributed by atoms with Gasteiger partial charge >= 0.3 is 5.97 Å². The molecule has 19 heavy (non-hydrogen) atoms. The zero-order chi connectivity index (χ0) is 14.7. The fourth-order valence-electron chi connectivity index (χ4n) is 0.993. The molecule has 4 nitrogen and oxygen atoms in total. The van der Waals surface area contributed by atoms with Crippen molar-refractivity contribution in [2.24, 2.45) is 0 Å². The van der Waals surface area contributed by atoms with E-state index in [1.54, 1.807) is 0 Å². The Labute approximate surface area is 132 Å². The van der Waals surface area contributed by atoms with Crippen molar-refractivity contribution < 1.29 is 14.7 Å². The second kappa shape index (κ2) is 6.68. The molecule has 0 saturated heterocycles. The Hall–Kier alpha value is -0.650. The van der Waals surface area contributed by atoms with Crippen LogP contribution in [-0.4, -0.2) is 17.0 Å². The van der Waals surface area contributed by atoms with Crippen LogP contribution in [0.2, 0.25) is 15.1 Å². The quantitative estimate of drug-likeness (QED) is 0.619. The lowest BCUT2D eigenvalue weighted by Gasteiger charge is -2.09. The summed E-state index contributed by atoms with van der Waals surface area (Å²) < 4.78 is 0. The van der Waals surface area contributed by atoms with Crippen molar-refractivity contribution in [2.75, 3.05) is 5.32 Å². The van der Waals surface area contributed by atoms with E-state index in [0.717, 1.165) is 0 Å². The zero-order valence-corrected chi connectivity index (χ0v) is 12.6. The number of benzene rings is 1. The molecule has 0 aliphatic heterocycles. The first-order chi connectivity index (χ1) is 8.75. The highest BCUT2D eigenvalue weighted by Crippen LogP contribution is 2.35. The van der Waals surface area contributed by atoms with Crippen molar-refractivity contribution in [2.45, 2.75) is 0 Å². The molecule has 2 N–H and O–H groups in total. The summed E-state index contributed by atoms with van der Waals surface area (Å²) in [6.07, 6.45) is 0. The summed E-state index contributed by atoms with van der Waals surface area (Å²) in [4.78, 5) is 22.2. The predicted molar refractivity (Wildman–Crippen MR) is 76.5 cm³/mol. The molecule has 0 atom stereocenters. The van der Waals surface area contributed by atoms with Gasteiger partial charge < -0.3 is 10.4 Å². The average molecular weight is 363 g/mol. The van der Waals surface area contributed by atoms with Crippen LogP contribution in [0.1, 0.15) is 0 Å². The van der Waals surface area contributed by atoms with E-state index in [2.05, 4.69) is 5.32 Å². The second-order valence-corrected chi connectivity index (χ2v) is 5.03. The summed E-state index contributed by atoms with van der Waals surface area (Å²) in [7, 11) is 0. The number of nitrogens with one attached hydrogen (secondary N) is 1. The van der Waals surface area contributed by atoms with Crippen LogP contribution in [-0.2, 0) is 9.59 Å². The van der Waals surface area contributed by atoms with Gasteiger partial charge in [-0.1, -0.05) is 58.0 Å². The van der Waals surface area contributed by atoms with Crippen molar-refractivity contribution in [1.82, 2.24) is 0 Å². The Bertz CT molecular complexity index is 585. The normalized spacial score (nSPS) is 11.8. The third-order valence-electron chi connectivity index (χ3n) is 1.86. The molecule has 0 fully saturated rings. The molecule has 0 aromatic heterocycles. The highest BCUT2D eigenvalue weighted by molar-refractivity contribution is 6.54. The fourth-order valence-corrected chi connectivity index (χ4v) is 1.79. The van der Waals surface area contributed by atoms with Gasteiger partial charge in [0.25, 0.3) is 5.91 Å². The monoisotopic (exact) mass is 361 g/mol. The fraction of sp³-hybridized carbons (Fsp3) is 0. The largest absolute Gasteiger partial charge is 0.477 e. The molecule has 1 aromatic rings. The zero-order valence-electron chi connectivity index (χ0n) is 8.81. The third-order valence-corrected chi connectivity index (χ3v) is 3.96. The van der Waals surface area contributed by atoms with E-state index in [-0.39, 0.29) is 20.8 Å². The highest BCUT2D eigenvalue weighted by Gasteiger charge is 2.19. The van der Waals surface area contributed by atoms with E-state index in [1.165, 1.54) is 12.1 Å². The van der Waals surface area contributed by atoms with Gasteiger partial charge in [0.1, 0.15) is 10.1 Å². The lowest BCUT2D eigenvalue weighted by Crippen LogP contribution is -2.14. The minimum Gasteiger partial charge on any atom is -0.477 e. The Kier molecular flexibility index (Phi) is 5.77. The summed E-state index contributed by atoms with van der Waals surface area (Å²) in [5.74, 6) is -2.46. The summed E-state index contributed by atoms with van der Waals surface area (Å²) in [6, 6.07) is 2.79. The van der Waals surface area contributed by atoms with Crippen LogP contribution < -0.4 is 5.32 Å². The molecule has 0 aliphatic rings. The number of halogens is 5. The molecule has 1 amide bonds. The number of aliphatic carboxylic acids is 1. The van der Waals surface area contributed by atoms with Gasteiger partial charge in [0.15, 0.2) is 0 Å². The molecule has 0 bridgehead atoms. The van der Waals surface area contributed by atoms with Gasteiger partial charge in [0, 0.05) is 0 Å². The van der Waals surface area contributed by atoms with Crippen LogP contribution >= 0.6 is 58.0 Å². The number of hydrogen-bond acceptors (Lipinski definition) is 2. The maximum atomic E-state index is 11.6. The van der Waals surface area contributed by atoms with Gasteiger partial charge in [-0.25, -0.2) is 4.79 Å². The molecule has 0 unspecified atom stereocenters. The SMILES string of the molecule is O=C(O)/C(Cl)=C(\Cl)C(=O)Nc1ccc(Cl)c(Cl)c1Cl. The third kappa shape index (κ3) is 3.91. The lowest BCUT2D eigenvalue weighted by molar-refractivity contribution is -0.132. The average Bonchev–Trinajstić information content (AvgIpc) is 2.37. The number of carboxylic acid groups (broad SMARTS) is 1. The van der Waals surface area contributed by atoms with E-state index >= 15 is 0 Å². The molecular weight excluding hydrogens is 359 g/mol. The predicted octanol–water partition coefficient (Wildman–Crippen LogP) is 4.36. The standard InChI is InChI=1S/C10H4Cl5NO3/c11-3-1-2-4(6(13)5(3)12)16-9(17)7(14)8(15)10(18)19/h1-2H,(H,16,17)(H,18,19)/b8-7+. The maximum Gasteiger partial charge on any atom is 0.349 e.